The quantitative estimate of drug-likeness (QED) is 0.593. The minimum absolute atomic E-state index is 0.143. The van der Waals surface area contributed by atoms with Crippen molar-refractivity contribution in [3.05, 3.63) is 71.9 Å². The number of ether oxygens (including phenoxy) is 2. The summed E-state index contributed by atoms with van der Waals surface area (Å²) in [5, 5.41) is 0. The number of allylic oxidation sites excluding steroid dienone is 1. The van der Waals surface area contributed by atoms with Crippen molar-refractivity contribution >= 4 is 12.2 Å². The Balaban J connectivity index is 1.80. The van der Waals surface area contributed by atoms with E-state index in [-0.39, 0.29) is 18.7 Å². The molecule has 0 saturated carbocycles. The van der Waals surface area contributed by atoms with Crippen LogP contribution in [0.25, 0.3) is 0 Å². The van der Waals surface area contributed by atoms with Gasteiger partial charge in [-0.3, -0.25) is 4.90 Å². The molecule has 178 valence electrons. The highest BCUT2D eigenvalue weighted by atomic mass is 19.1. The minimum atomic E-state index is -0.833. The van der Waals surface area contributed by atoms with E-state index in [9.17, 15) is 18.4 Å². The second-order valence-electron chi connectivity index (χ2n) is 9.12. The third-order valence-electron chi connectivity index (χ3n) is 5.62. The maximum atomic E-state index is 14.7. The van der Waals surface area contributed by atoms with E-state index >= 15 is 0 Å². The Labute approximate surface area is 193 Å². The molecule has 3 rings (SSSR count). The predicted octanol–water partition coefficient (Wildman–Crippen LogP) is 5.53. The van der Waals surface area contributed by atoms with Crippen molar-refractivity contribution in [3.63, 3.8) is 0 Å². The molecule has 2 aliphatic heterocycles. The number of hydrogen-bond donors (Lipinski definition) is 0. The average molecular weight is 461 g/mol. The number of likely N-dealkylation sites (tertiary alicyclic amines) is 1. The Morgan fingerprint density at radius 1 is 1.12 bits per heavy atom. The third-order valence-corrected chi connectivity index (χ3v) is 5.62. The zero-order chi connectivity index (χ0) is 24.3. The maximum absolute atomic E-state index is 14.7. The van der Waals surface area contributed by atoms with Crippen molar-refractivity contribution in [1.29, 1.82) is 0 Å². The third kappa shape index (κ3) is 5.61. The number of halogens is 2. The first-order valence-corrected chi connectivity index (χ1v) is 10.9. The lowest BCUT2D eigenvalue weighted by molar-refractivity contribution is 0.0230. The molecule has 2 atom stereocenters. The fourth-order valence-corrected chi connectivity index (χ4v) is 4.10. The van der Waals surface area contributed by atoms with Gasteiger partial charge in [0.25, 0.3) is 0 Å². The number of hydrogen-bond acceptors (Lipinski definition) is 4. The maximum Gasteiger partial charge on any atom is 0.410 e. The molecule has 0 bridgehead atoms. The second kappa shape index (κ2) is 9.77. The second-order valence-corrected chi connectivity index (χ2v) is 9.12. The van der Waals surface area contributed by atoms with E-state index in [1.165, 1.54) is 15.9 Å². The number of carbonyl (C=O) groups excluding carboxylic acids is 2. The SMILES string of the molecule is C=CC1=C(C=C)C(c2ccc(F)cc2F)N(C(=O)OC2CCN(C(=O)OC(C)(C)C)C2)CC1. The molecule has 1 aromatic rings. The highest BCUT2D eigenvalue weighted by Gasteiger charge is 2.38. The van der Waals surface area contributed by atoms with Crippen LogP contribution in [0.4, 0.5) is 18.4 Å². The van der Waals surface area contributed by atoms with Gasteiger partial charge in [-0.15, -0.1) is 0 Å². The number of benzene rings is 1. The van der Waals surface area contributed by atoms with Crippen LogP contribution in [0.5, 0.6) is 0 Å². The van der Waals surface area contributed by atoms with Crippen molar-refractivity contribution in [3.8, 4) is 0 Å². The molecule has 1 aromatic carbocycles. The molecule has 2 unspecified atom stereocenters. The van der Waals surface area contributed by atoms with Crippen LogP contribution < -0.4 is 0 Å². The molecular formula is C25H30F2N2O4. The number of nitrogens with zero attached hydrogens (tertiary/aromatic N) is 2. The van der Waals surface area contributed by atoms with Crippen molar-refractivity contribution in [2.45, 2.75) is 51.4 Å². The van der Waals surface area contributed by atoms with Gasteiger partial charge in [0.2, 0.25) is 0 Å². The lowest BCUT2D eigenvalue weighted by Gasteiger charge is -2.37. The van der Waals surface area contributed by atoms with Crippen molar-refractivity contribution in [2.75, 3.05) is 19.6 Å². The normalized spacial score (nSPS) is 21.1. The summed E-state index contributed by atoms with van der Waals surface area (Å²) in [5.41, 5.74) is 0.965. The zero-order valence-electron chi connectivity index (χ0n) is 19.3. The fourth-order valence-electron chi connectivity index (χ4n) is 4.10. The Bertz CT molecular complexity index is 983. The summed E-state index contributed by atoms with van der Waals surface area (Å²) in [4.78, 5) is 28.4. The monoisotopic (exact) mass is 460 g/mol. The molecule has 2 aliphatic rings. The van der Waals surface area contributed by atoms with Crippen LogP contribution in [0, 0.1) is 11.6 Å². The molecule has 0 aliphatic carbocycles. The van der Waals surface area contributed by atoms with Gasteiger partial charge in [0.05, 0.1) is 12.6 Å². The van der Waals surface area contributed by atoms with Crippen LogP contribution in [0.2, 0.25) is 0 Å². The summed E-state index contributed by atoms with van der Waals surface area (Å²) in [6.45, 7) is 13.9. The first-order chi connectivity index (χ1) is 15.5. The summed E-state index contributed by atoms with van der Waals surface area (Å²) in [7, 11) is 0. The number of rotatable bonds is 4. The van der Waals surface area contributed by atoms with Gasteiger partial charge in [-0.25, -0.2) is 18.4 Å². The van der Waals surface area contributed by atoms with Crippen molar-refractivity contribution in [2.24, 2.45) is 0 Å². The van der Waals surface area contributed by atoms with E-state index in [0.29, 0.717) is 25.0 Å². The molecule has 0 spiro atoms. The van der Waals surface area contributed by atoms with Gasteiger partial charge in [-0.05, 0) is 44.4 Å². The Morgan fingerprint density at radius 2 is 1.85 bits per heavy atom. The van der Waals surface area contributed by atoms with Gasteiger partial charge in [-0.1, -0.05) is 31.4 Å². The van der Waals surface area contributed by atoms with Crippen LogP contribution in [0.15, 0.2) is 54.7 Å². The zero-order valence-corrected chi connectivity index (χ0v) is 19.3. The molecule has 6 nitrogen and oxygen atoms in total. The topological polar surface area (TPSA) is 59.1 Å². The van der Waals surface area contributed by atoms with Gasteiger partial charge in [0, 0.05) is 31.1 Å². The fraction of sp³-hybridized carbons (Fsp3) is 0.440. The minimum Gasteiger partial charge on any atom is -0.444 e. The van der Waals surface area contributed by atoms with Crippen LogP contribution in [-0.2, 0) is 9.47 Å². The predicted molar refractivity (Wildman–Crippen MR) is 121 cm³/mol. The number of carbonyl (C=O) groups is 2. The molecule has 2 amide bonds. The summed E-state index contributed by atoms with van der Waals surface area (Å²) in [5.74, 6) is -1.47. The molecule has 2 heterocycles. The van der Waals surface area contributed by atoms with Gasteiger partial charge >= 0.3 is 12.2 Å². The van der Waals surface area contributed by atoms with Gasteiger partial charge in [0.1, 0.15) is 23.3 Å². The molecule has 0 radical (unpaired) electrons. The standard InChI is InChI=1S/C25H30F2N2O4/c1-6-16-10-13-29(22(19(16)7-2)20-9-8-17(26)14-21(20)27)24(31)32-18-11-12-28(15-18)23(30)33-25(3,4)5/h6-9,14,18,22H,1-2,10-13,15H2,3-5H3. The highest BCUT2D eigenvalue weighted by Crippen LogP contribution is 2.38. The Hall–Kier alpha value is -3.16. The van der Waals surface area contributed by atoms with Crippen LogP contribution >= 0.6 is 0 Å². The molecule has 0 N–H and O–H groups in total. The summed E-state index contributed by atoms with van der Waals surface area (Å²) < 4.78 is 39.3. The smallest absolute Gasteiger partial charge is 0.410 e. The first-order valence-electron chi connectivity index (χ1n) is 10.9. The van der Waals surface area contributed by atoms with Crippen molar-refractivity contribution in [1.82, 2.24) is 9.80 Å². The lowest BCUT2D eigenvalue weighted by Crippen LogP contribution is -2.42. The molecule has 1 saturated heterocycles. The average Bonchev–Trinajstić information content (AvgIpc) is 3.20. The van der Waals surface area contributed by atoms with Crippen molar-refractivity contribution < 1.29 is 27.8 Å². The van der Waals surface area contributed by atoms with Crippen LogP contribution in [0.1, 0.15) is 45.2 Å². The van der Waals surface area contributed by atoms with E-state index in [1.54, 1.807) is 32.9 Å². The van der Waals surface area contributed by atoms with E-state index in [2.05, 4.69) is 13.2 Å². The Morgan fingerprint density at radius 3 is 2.45 bits per heavy atom. The van der Waals surface area contributed by atoms with Crippen LogP contribution in [-0.4, -0.2) is 53.3 Å². The van der Waals surface area contributed by atoms with Gasteiger partial charge < -0.3 is 14.4 Å². The van der Waals surface area contributed by atoms with Gasteiger partial charge in [0.15, 0.2) is 0 Å². The highest BCUT2D eigenvalue weighted by molar-refractivity contribution is 5.71. The molecule has 0 aromatic heterocycles. The summed E-state index contributed by atoms with van der Waals surface area (Å²) in [6, 6.07) is 2.43. The van der Waals surface area contributed by atoms with E-state index in [0.717, 1.165) is 17.7 Å². The first kappa shape index (κ1) is 24.5. The summed E-state index contributed by atoms with van der Waals surface area (Å²) in [6.07, 6.45) is 2.57. The number of amides is 2. The van der Waals surface area contributed by atoms with E-state index < -0.39 is 41.6 Å². The lowest BCUT2D eigenvalue weighted by atomic mass is 9.88. The van der Waals surface area contributed by atoms with E-state index in [1.807, 2.05) is 0 Å². The van der Waals surface area contributed by atoms with E-state index in [4.69, 9.17) is 9.47 Å². The summed E-state index contributed by atoms with van der Waals surface area (Å²) >= 11 is 0. The van der Waals surface area contributed by atoms with Gasteiger partial charge in [-0.2, -0.15) is 0 Å². The molecule has 33 heavy (non-hydrogen) atoms. The molecule has 8 heteroatoms. The van der Waals surface area contributed by atoms with Crippen LogP contribution in [0.3, 0.4) is 0 Å². The largest absolute Gasteiger partial charge is 0.444 e. The molecule has 1 fully saturated rings. The molecular weight excluding hydrogens is 430 g/mol. The Kier molecular flexibility index (Phi) is 7.25.